The van der Waals surface area contributed by atoms with Gasteiger partial charge in [0.1, 0.15) is 5.75 Å². The summed E-state index contributed by atoms with van der Waals surface area (Å²) < 4.78 is 35.8. The van der Waals surface area contributed by atoms with Crippen molar-refractivity contribution in [2.24, 2.45) is 5.41 Å². The van der Waals surface area contributed by atoms with E-state index < -0.39 is 26.6 Å². The Morgan fingerprint density at radius 1 is 0.961 bits per heavy atom. The number of aromatic nitrogens is 1. The van der Waals surface area contributed by atoms with Crippen LogP contribution < -0.4 is 9.46 Å². The molecule has 0 radical (unpaired) electrons. The van der Waals surface area contributed by atoms with E-state index in [9.17, 15) is 13.2 Å². The lowest BCUT2D eigenvalue weighted by Crippen LogP contribution is -2.52. The molecule has 2 saturated carbocycles. The fraction of sp³-hybridized carbons (Fsp3) is 0.463. The summed E-state index contributed by atoms with van der Waals surface area (Å²) in [6.07, 6.45) is 6.44. The fourth-order valence-corrected chi connectivity index (χ4v) is 9.75. The Morgan fingerprint density at radius 3 is 2.45 bits per heavy atom. The maximum Gasteiger partial charge on any atom is 0.264 e. The van der Waals surface area contributed by atoms with Crippen LogP contribution in [0.4, 0.5) is 0 Å². The molecule has 2 aliphatic heterocycles. The minimum absolute atomic E-state index is 0.0167. The van der Waals surface area contributed by atoms with Gasteiger partial charge in [0.15, 0.2) is 0 Å². The largest absolute Gasteiger partial charge is 0.497 e. The van der Waals surface area contributed by atoms with E-state index in [0.717, 1.165) is 84.2 Å². The van der Waals surface area contributed by atoms with E-state index in [0.29, 0.717) is 19.0 Å². The number of hydrogen-bond acceptors (Lipinski definition) is 6. The van der Waals surface area contributed by atoms with E-state index in [-0.39, 0.29) is 23.4 Å². The van der Waals surface area contributed by atoms with Crippen LogP contribution in [-0.2, 0) is 21.4 Å². The van der Waals surface area contributed by atoms with Crippen LogP contribution in [0.2, 0.25) is 0 Å². The Hall–Kier alpha value is -4.15. The molecule has 4 aliphatic rings. The van der Waals surface area contributed by atoms with Crippen LogP contribution in [0.1, 0.15) is 97.3 Å². The van der Waals surface area contributed by atoms with E-state index in [2.05, 4.69) is 50.4 Å². The zero-order chi connectivity index (χ0) is 35.7. The number of likely N-dealkylation sites (N-methyl/N-ethyl adjacent to an activating group) is 1. The Morgan fingerprint density at radius 2 is 1.73 bits per heavy atom. The number of piperazine rings is 1. The Labute approximate surface area is 301 Å². The lowest BCUT2D eigenvalue weighted by atomic mass is 9.81. The molecule has 2 amide bonds. The second kappa shape index (κ2) is 12.8. The zero-order valence-corrected chi connectivity index (χ0v) is 30.8. The standard InChI is InChI=1S/C41H48N4O5S/c1-26(2)51(48,49)42-39(46)29-15-17-32-35(21-29)45-25-41(40(47)44-20-19-43(3)24-36(44)27-11-7-5-8-12-27)23-34(41)33-22-30(50-4)16-18-31(33)38(45)37(32)28-13-9-6-10-14-28/h5,7-8,11-12,15-18,21-22,26,28,34,36H,6,9-10,13-14,19-20,23-25H2,1-4H3,(H,42,46)/t34?,36?,41-/m0/s1. The monoisotopic (exact) mass is 708 g/mol. The highest BCUT2D eigenvalue weighted by molar-refractivity contribution is 7.90. The van der Waals surface area contributed by atoms with Gasteiger partial charge >= 0.3 is 0 Å². The Bertz CT molecular complexity index is 2120. The number of carbonyl (C=O) groups excluding carboxylic acids is 2. The molecule has 4 aromatic rings. The number of benzene rings is 3. The minimum Gasteiger partial charge on any atom is -0.497 e. The number of nitrogens with one attached hydrogen (secondary N) is 1. The molecule has 9 nitrogen and oxygen atoms in total. The third kappa shape index (κ3) is 5.75. The first kappa shape index (κ1) is 34.0. The molecule has 1 aromatic heterocycles. The van der Waals surface area contributed by atoms with Crippen molar-refractivity contribution in [1.29, 1.82) is 0 Å². The predicted octanol–water partition coefficient (Wildman–Crippen LogP) is 6.84. The minimum atomic E-state index is -3.82. The number of amides is 2. The second-order valence-corrected chi connectivity index (χ2v) is 17.7. The van der Waals surface area contributed by atoms with E-state index in [1.54, 1.807) is 27.0 Å². The van der Waals surface area contributed by atoms with Gasteiger partial charge in [-0.25, -0.2) is 13.1 Å². The van der Waals surface area contributed by atoms with Gasteiger partial charge in [-0.1, -0.05) is 55.7 Å². The smallest absolute Gasteiger partial charge is 0.264 e. The molecule has 1 N–H and O–H groups in total. The number of fused-ring (bicyclic) bond motifs is 7. The van der Waals surface area contributed by atoms with Crippen molar-refractivity contribution < 1.29 is 22.7 Å². The molecule has 268 valence electrons. The topological polar surface area (TPSA) is 101 Å². The number of nitrogens with zero attached hydrogens (tertiary/aromatic N) is 3. The molecular formula is C41H48N4O5S. The summed E-state index contributed by atoms with van der Waals surface area (Å²) in [5, 5.41) is 0.332. The molecule has 3 heterocycles. The Balaban J connectivity index is 1.31. The summed E-state index contributed by atoms with van der Waals surface area (Å²) in [6.45, 7) is 5.81. The quantitative estimate of drug-likeness (QED) is 0.226. The second-order valence-electron chi connectivity index (χ2n) is 15.5. The average molecular weight is 709 g/mol. The van der Waals surface area contributed by atoms with Crippen molar-refractivity contribution in [3.8, 4) is 17.0 Å². The first-order chi connectivity index (χ1) is 24.5. The molecule has 8 rings (SSSR count). The Kier molecular flexibility index (Phi) is 8.53. The summed E-state index contributed by atoms with van der Waals surface area (Å²) in [7, 11) is -0.0104. The molecule has 3 atom stereocenters. The highest BCUT2D eigenvalue weighted by atomic mass is 32.2. The van der Waals surface area contributed by atoms with Crippen molar-refractivity contribution in [3.63, 3.8) is 0 Å². The zero-order valence-electron chi connectivity index (χ0n) is 30.0. The van der Waals surface area contributed by atoms with Gasteiger partial charge < -0.3 is 19.1 Å². The number of rotatable bonds is 7. The highest BCUT2D eigenvalue weighted by Gasteiger charge is 2.64. The van der Waals surface area contributed by atoms with Crippen LogP contribution in [-0.4, -0.2) is 73.6 Å². The first-order valence-electron chi connectivity index (χ1n) is 18.5. The number of ether oxygens (including phenoxy) is 1. The SMILES string of the molecule is COc1ccc2c(c1)C1C[C@]1(C(=O)N1CCN(C)CC1c1ccccc1)Cn1c-2c(C2CCCCC2)c2ccc(C(=O)NS(=O)(=O)C(C)C)cc21. The van der Waals surface area contributed by atoms with Crippen LogP contribution >= 0.6 is 0 Å². The molecule has 2 aliphatic carbocycles. The maximum atomic E-state index is 15.3. The van der Waals surface area contributed by atoms with Crippen molar-refractivity contribution in [2.75, 3.05) is 33.8 Å². The van der Waals surface area contributed by atoms with E-state index in [4.69, 9.17) is 4.74 Å². The van der Waals surface area contributed by atoms with E-state index in [1.807, 2.05) is 36.4 Å². The molecular weight excluding hydrogens is 661 g/mol. The number of hydrogen-bond donors (Lipinski definition) is 1. The van der Waals surface area contributed by atoms with Crippen molar-refractivity contribution >= 4 is 32.7 Å². The van der Waals surface area contributed by atoms with Crippen LogP contribution in [0.5, 0.6) is 5.75 Å². The van der Waals surface area contributed by atoms with Crippen molar-refractivity contribution in [3.05, 3.63) is 89.0 Å². The van der Waals surface area contributed by atoms with Gasteiger partial charge in [0.05, 0.1) is 29.5 Å². The van der Waals surface area contributed by atoms with Gasteiger partial charge in [-0.2, -0.15) is 0 Å². The molecule has 51 heavy (non-hydrogen) atoms. The van der Waals surface area contributed by atoms with Crippen LogP contribution in [0.3, 0.4) is 0 Å². The van der Waals surface area contributed by atoms with Gasteiger partial charge in [-0.3, -0.25) is 9.59 Å². The van der Waals surface area contributed by atoms with Crippen LogP contribution in [0.25, 0.3) is 22.2 Å². The molecule has 10 heteroatoms. The van der Waals surface area contributed by atoms with Gasteiger partial charge in [0, 0.05) is 54.1 Å². The van der Waals surface area contributed by atoms with Crippen molar-refractivity contribution in [1.82, 2.24) is 19.1 Å². The summed E-state index contributed by atoms with van der Waals surface area (Å²) >= 11 is 0. The summed E-state index contributed by atoms with van der Waals surface area (Å²) in [5.41, 5.74) is 6.30. The highest BCUT2D eigenvalue weighted by Crippen LogP contribution is 2.66. The third-order valence-electron chi connectivity index (χ3n) is 12.1. The van der Waals surface area contributed by atoms with Gasteiger partial charge in [0.25, 0.3) is 5.91 Å². The van der Waals surface area contributed by atoms with E-state index >= 15 is 4.79 Å². The fourth-order valence-electron chi connectivity index (χ4n) is 9.14. The molecule has 0 spiro atoms. The molecule has 1 saturated heterocycles. The maximum absolute atomic E-state index is 15.3. The molecule has 3 aromatic carbocycles. The lowest BCUT2D eigenvalue weighted by molar-refractivity contribution is -0.143. The molecule has 0 bridgehead atoms. The normalized spacial score (nSPS) is 23.7. The lowest BCUT2D eigenvalue weighted by Gasteiger charge is -2.42. The third-order valence-corrected chi connectivity index (χ3v) is 13.8. The number of carbonyl (C=O) groups is 2. The van der Waals surface area contributed by atoms with Crippen LogP contribution in [0, 0.1) is 5.41 Å². The molecule has 2 unspecified atom stereocenters. The number of sulfonamides is 1. The predicted molar refractivity (Wildman–Crippen MR) is 199 cm³/mol. The van der Waals surface area contributed by atoms with Gasteiger partial charge in [0.2, 0.25) is 15.9 Å². The van der Waals surface area contributed by atoms with Gasteiger partial charge in [-0.15, -0.1) is 0 Å². The summed E-state index contributed by atoms with van der Waals surface area (Å²) in [6, 6.07) is 22.2. The van der Waals surface area contributed by atoms with E-state index in [1.165, 1.54) is 12.0 Å². The first-order valence-corrected chi connectivity index (χ1v) is 20.0. The van der Waals surface area contributed by atoms with Crippen LogP contribution in [0.15, 0.2) is 66.7 Å². The number of methoxy groups -OCH3 is 1. The summed E-state index contributed by atoms with van der Waals surface area (Å²) in [5.74, 6) is 0.668. The summed E-state index contributed by atoms with van der Waals surface area (Å²) in [4.78, 5) is 33.2. The van der Waals surface area contributed by atoms with Crippen molar-refractivity contribution in [2.45, 2.75) is 82.0 Å². The van der Waals surface area contributed by atoms with Gasteiger partial charge in [-0.05, 0) is 93.1 Å². The average Bonchev–Trinajstić information content (AvgIpc) is 3.81. The molecule has 3 fully saturated rings.